The first-order valence-electron chi connectivity index (χ1n) is 8.38. The molecule has 2 heterocycles. The first kappa shape index (κ1) is 15.6. The van der Waals surface area contributed by atoms with Gasteiger partial charge in [0, 0.05) is 19.0 Å². The Morgan fingerprint density at radius 1 is 0.920 bits per heavy atom. The lowest BCUT2D eigenvalue weighted by molar-refractivity contribution is -0.139. The van der Waals surface area contributed by atoms with E-state index in [1.165, 1.54) is 5.56 Å². The molecule has 1 saturated heterocycles. The molecule has 0 N–H and O–H groups in total. The second-order valence-electron chi connectivity index (χ2n) is 6.55. The fourth-order valence-electron chi connectivity index (χ4n) is 3.53. The average molecular weight is 334 g/mol. The van der Waals surface area contributed by atoms with E-state index in [4.69, 9.17) is 0 Å². The third kappa shape index (κ3) is 2.43. The fraction of sp³-hybridized carbons (Fsp3) is 0.250. The number of amides is 3. The van der Waals surface area contributed by atoms with Gasteiger partial charge in [-0.15, -0.1) is 0 Å². The number of fused-ring (bicyclic) bond motifs is 1. The molecule has 0 aromatic heterocycles. The Hall–Kier alpha value is -2.95. The molecule has 3 amide bonds. The van der Waals surface area contributed by atoms with Gasteiger partial charge in [-0.25, -0.2) is 0 Å². The average Bonchev–Trinajstić information content (AvgIpc) is 2.85. The fourth-order valence-corrected chi connectivity index (χ4v) is 3.53. The Bertz CT molecular complexity index is 821. The summed E-state index contributed by atoms with van der Waals surface area (Å²) in [5.41, 5.74) is 1.95. The lowest BCUT2D eigenvalue weighted by Crippen LogP contribution is -2.56. The van der Waals surface area contributed by atoms with Crippen LogP contribution in [0.1, 0.15) is 39.1 Å². The van der Waals surface area contributed by atoms with Gasteiger partial charge >= 0.3 is 0 Å². The van der Waals surface area contributed by atoms with Crippen molar-refractivity contribution in [3.05, 3.63) is 71.3 Å². The molecule has 1 atom stereocenters. The zero-order valence-corrected chi connectivity index (χ0v) is 13.9. The zero-order valence-electron chi connectivity index (χ0n) is 13.9. The van der Waals surface area contributed by atoms with Gasteiger partial charge < -0.3 is 4.90 Å². The molecule has 0 bridgehead atoms. The van der Waals surface area contributed by atoms with Gasteiger partial charge in [0.2, 0.25) is 5.91 Å². The summed E-state index contributed by atoms with van der Waals surface area (Å²) < 4.78 is 0. The van der Waals surface area contributed by atoms with Gasteiger partial charge in [0.15, 0.2) is 0 Å². The van der Waals surface area contributed by atoms with E-state index in [2.05, 4.69) is 12.1 Å². The van der Waals surface area contributed by atoms with Crippen molar-refractivity contribution in [2.45, 2.75) is 18.9 Å². The largest absolute Gasteiger partial charge is 0.340 e. The summed E-state index contributed by atoms with van der Waals surface area (Å²) >= 11 is 0. The summed E-state index contributed by atoms with van der Waals surface area (Å²) in [4.78, 5) is 40.5. The third-order valence-electron chi connectivity index (χ3n) is 5.03. The van der Waals surface area contributed by atoms with Crippen LogP contribution in [-0.4, -0.2) is 46.7 Å². The minimum Gasteiger partial charge on any atom is -0.340 e. The van der Waals surface area contributed by atoms with Crippen LogP contribution in [0.5, 0.6) is 0 Å². The number of likely N-dealkylation sites (tertiary alicyclic amines) is 1. The van der Waals surface area contributed by atoms with Crippen molar-refractivity contribution in [3.8, 4) is 0 Å². The van der Waals surface area contributed by atoms with Crippen LogP contribution in [0.3, 0.4) is 0 Å². The van der Waals surface area contributed by atoms with Crippen molar-refractivity contribution in [3.63, 3.8) is 0 Å². The maximum Gasteiger partial charge on any atom is 0.262 e. The molecule has 126 valence electrons. The smallest absolute Gasteiger partial charge is 0.262 e. The van der Waals surface area contributed by atoms with Gasteiger partial charge in [-0.05, 0) is 24.6 Å². The van der Waals surface area contributed by atoms with E-state index in [-0.39, 0.29) is 17.7 Å². The molecule has 2 aromatic rings. The molecule has 2 aliphatic rings. The van der Waals surface area contributed by atoms with Gasteiger partial charge in [0.05, 0.1) is 11.1 Å². The first-order valence-corrected chi connectivity index (χ1v) is 8.38. The number of carbonyl (C=O) groups is 3. The summed E-state index contributed by atoms with van der Waals surface area (Å²) in [5, 5.41) is 0. The summed E-state index contributed by atoms with van der Waals surface area (Å²) in [6, 6.07) is 16.0. The number of benzene rings is 2. The molecule has 4 rings (SSSR count). The van der Waals surface area contributed by atoms with Crippen LogP contribution in [0, 0.1) is 0 Å². The summed E-state index contributed by atoms with van der Waals surface area (Å²) in [6.07, 6.45) is 0. The van der Waals surface area contributed by atoms with E-state index >= 15 is 0 Å². The highest BCUT2D eigenvalue weighted by molar-refractivity contribution is 6.22. The number of carbonyl (C=O) groups excluding carboxylic acids is 3. The highest BCUT2D eigenvalue weighted by atomic mass is 16.2. The normalized spacial score (nSPS) is 18.1. The van der Waals surface area contributed by atoms with Crippen LogP contribution in [0.25, 0.3) is 0 Å². The first-order chi connectivity index (χ1) is 12.1. The Labute approximate surface area is 145 Å². The molecule has 5 nitrogen and oxygen atoms in total. The molecule has 2 aromatic carbocycles. The van der Waals surface area contributed by atoms with E-state index < -0.39 is 6.04 Å². The van der Waals surface area contributed by atoms with Gasteiger partial charge in [0.1, 0.15) is 6.04 Å². The Morgan fingerprint density at radius 3 is 2.00 bits per heavy atom. The van der Waals surface area contributed by atoms with Crippen molar-refractivity contribution in [2.24, 2.45) is 0 Å². The topological polar surface area (TPSA) is 57.7 Å². The van der Waals surface area contributed by atoms with E-state index in [0.29, 0.717) is 30.1 Å². The highest BCUT2D eigenvalue weighted by Gasteiger charge is 2.43. The maximum atomic E-state index is 12.7. The molecule has 1 fully saturated rings. The molecule has 0 aliphatic carbocycles. The van der Waals surface area contributed by atoms with E-state index in [1.807, 2.05) is 18.2 Å². The minimum atomic E-state index is -0.788. The summed E-state index contributed by atoms with van der Waals surface area (Å²) in [6.45, 7) is 2.87. The van der Waals surface area contributed by atoms with Gasteiger partial charge in [-0.1, -0.05) is 42.5 Å². The monoisotopic (exact) mass is 334 g/mol. The Kier molecular flexibility index (Phi) is 3.64. The van der Waals surface area contributed by atoms with Crippen molar-refractivity contribution in [1.29, 1.82) is 0 Å². The number of rotatable bonds is 3. The van der Waals surface area contributed by atoms with Gasteiger partial charge in [-0.2, -0.15) is 0 Å². The van der Waals surface area contributed by atoms with Crippen LogP contribution in [0.2, 0.25) is 0 Å². The molecular formula is C20H18N2O3. The lowest BCUT2D eigenvalue weighted by atomic mass is 9.91. The standard InChI is InChI=1S/C20H18N2O3/c1-13(22-19(24)16-9-5-6-10-17(16)20(22)25)18(23)21-11-15(12-21)14-7-3-2-4-8-14/h2-10,13,15H,11-12H2,1H3. The molecule has 0 saturated carbocycles. The predicted molar refractivity (Wildman–Crippen MR) is 92.2 cm³/mol. The lowest BCUT2D eigenvalue weighted by Gasteiger charge is -2.41. The third-order valence-corrected chi connectivity index (χ3v) is 5.03. The second kappa shape index (κ2) is 5.84. The summed E-state index contributed by atoms with van der Waals surface area (Å²) in [5.74, 6) is -0.635. The Balaban J connectivity index is 1.46. The molecule has 0 radical (unpaired) electrons. The highest BCUT2D eigenvalue weighted by Crippen LogP contribution is 2.30. The minimum absolute atomic E-state index is 0.179. The molecule has 5 heteroatoms. The van der Waals surface area contributed by atoms with Gasteiger partial charge in [0.25, 0.3) is 11.8 Å². The number of nitrogens with zero attached hydrogens (tertiary/aromatic N) is 2. The van der Waals surface area contributed by atoms with Crippen molar-refractivity contribution in [2.75, 3.05) is 13.1 Å². The number of hydrogen-bond acceptors (Lipinski definition) is 3. The van der Waals surface area contributed by atoms with E-state index in [1.54, 1.807) is 36.1 Å². The van der Waals surface area contributed by atoms with Crippen LogP contribution in [0.15, 0.2) is 54.6 Å². The van der Waals surface area contributed by atoms with Crippen molar-refractivity contribution >= 4 is 17.7 Å². The van der Waals surface area contributed by atoms with Gasteiger partial charge in [-0.3, -0.25) is 19.3 Å². The second-order valence-corrected chi connectivity index (χ2v) is 6.55. The predicted octanol–water partition coefficient (Wildman–Crippen LogP) is 2.30. The molecule has 0 spiro atoms. The SMILES string of the molecule is CC(C(=O)N1CC(c2ccccc2)C1)N1C(=O)c2ccccc2C1=O. The Morgan fingerprint density at radius 2 is 1.44 bits per heavy atom. The molecular weight excluding hydrogens is 316 g/mol. The maximum absolute atomic E-state index is 12.7. The van der Waals surface area contributed by atoms with E-state index in [0.717, 1.165) is 4.90 Å². The van der Waals surface area contributed by atoms with Crippen LogP contribution < -0.4 is 0 Å². The van der Waals surface area contributed by atoms with Crippen LogP contribution in [-0.2, 0) is 4.79 Å². The number of hydrogen-bond donors (Lipinski definition) is 0. The number of imide groups is 1. The van der Waals surface area contributed by atoms with Crippen molar-refractivity contribution in [1.82, 2.24) is 9.80 Å². The van der Waals surface area contributed by atoms with Crippen LogP contribution in [0.4, 0.5) is 0 Å². The molecule has 25 heavy (non-hydrogen) atoms. The zero-order chi connectivity index (χ0) is 17.6. The van der Waals surface area contributed by atoms with Crippen LogP contribution >= 0.6 is 0 Å². The van der Waals surface area contributed by atoms with Crippen molar-refractivity contribution < 1.29 is 14.4 Å². The summed E-state index contributed by atoms with van der Waals surface area (Å²) in [7, 11) is 0. The van der Waals surface area contributed by atoms with E-state index in [9.17, 15) is 14.4 Å². The molecule has 1 unspecified atom stereocenters. The quantitative estimate of drug-likeness (QED) is 0.809. The molecule has 2 aliphatic heterocycles.